The molecule has 0 saturated carbocycles. The van der Waals surface area contributed by atoms with E-state index in [0.717, 1.165) is 18.7 Å². The minimum absolute atomic E-state index is 0.0871. The zero-order chi connectivity index (χ0) is 18.2. The monoisotopic (exact) mass is 341 g/mol. The first-order valence-corrected chi connectivity index (χ1v) is 8.37. The van der Waals surface area contributed by atoms with Gasteiger partial charge in [-0.3, -0.25) is 19.8 Å². The Labute approximate surface area is 147 Å². The van der Waals surface area contributed by atoms with Gasteiger partial charge in [0.15, 0.2) is 0 Å². The van der Waals surface area contributed by atoms with Gasteiger partial charge in [-0.15, -0.1) is 0 Å². The van der Waals surface area contributed by atoms with Crippen LogP contribution in [0.3, 0.4) is 0 Å². The van der Waals surface area contributed by atoms with Gasteiger partial charge < -0.3 is 5.32 Å². The van der Waals surface area contributed by atoms with Crippen molar-refractivity contribution in [2.45, 2.75) is 19.9 Å². The normalized spacial score (nSPS) is 12.0. The molecule has 0 heterocycles. The molecule has 2 aromatic carbocycles. The molecule has 6 heteroatoms. The lowest BCUT2D eigenvalue weighted by molar-refractivity contribution is -0.384. The quantitative estimate of drug-likeness (QED) is 0.425. The first kappa shape index (κ1) is 18.6. The van der Waals surface area contributed by atoms with E-state index < -0.39 is 4.92 Å². The van der Waals surface area contributed by atoms with Crippen LogP contribution in [-0.4, -0.2) is 35.7 Å². The van der Waals surface area contributed by atoms with Crippen LogP contribution in [0.25, 0.3) is 0 Å². The number of hydrogen-bond acceptors (Lipinski definition) is 5. The van der Waals surface area contributed by atoms with E-state index in [9.17, 15) is 14.9 Å². The number of nitrogens with one attached hydrogen (secondary N) is 1. The second-order valence-electron chi connectivity index (χ2n) is 5.68. The van der Waals surface area contributed by atoms with E-state index in [1.807, 2.05) is 18.2 Å². The summed E-state index contributed by atoms with van der Waals surface area (Å²) < 4.78 is 0. The average molecular weight is 341 g/mol. The minimum Gasteiger partial charge on any atom is -0.378 e. The molecule has 0 aromatic heterocycles. The van der Waals surface area contributed by atoms with E-state index in [-0.39, 0.29) is 11.7 Å². The maximum absolute atomic E-state index is 11.3. The van der Waals surface area contributed by atoms with Crippen molar-refractivity contribution < 1.29 is 9.72 Å². The first-order chi connectivity index (χ1) is 12.1. The first-order valence-electron chi connectivity index (χ1n) is 8.37. The second-order valence-corrected chi connectivity index (χ2v) is 5.68. The number of carbonyl (C=O) groups excluding carboxylic acids is 1. The summed E-state index contributed by atoms with van der Waals surface area (Å²) in [6.45, 7) is 6.49. The number of nitro groups is 1. The third-order valence-electron chi connectivity index (χ3n) is 4.28. The smallest absolute Gasteiger partial charge is 0.293 e. The number of likely N-dealkylation sites (N-methyl/N-ethyl adjacent to an activating group) is 1. The van der Waals surface area contributed by atoms with Crippen molar-refractivity contribution in [2.24, 2.45) is 0 Å². The number of carbonyl (C=O) groups is 1. The summed E-state index contributed by atoms with van der Waals surface area (Å²) in [6, 6.07) is 14.7. The van der Waals surface area contributed by atoms with E-state index in [1.54, 1.807) is 12.1 Å². The molecule has 132 valence electrons. The molecule has 1 atom stereocenters. The number of rotatable bonds is 9. The van der Waals surface area contributed by atoms with Crippen molar-refractivity contribution in [1.29, 1.82) is 0 Å². The standard InChI is InChI=1S/C19H23N3O3/c1-3-21(4-2)19(16-8-6-5-7-9-16)13-20-17-11-10-15(14-23)12-18(17)22(24)25/h5-12,14,19-20H,3-4,13H2,1-2H3/t19-/m0/s1. The Morgan fingerprint density at radius 1 is 1.16 bits per heavy atom. The van der Waals surface area contributed by atoms with E-state index in [1.165, 1.54) is 6.07 Å². The molecule has 1 N–H and O–H groups in total. The van der Waals surface area contributed by atoms with Crippen molar-refractivity contribution in [3.05, 3.63) is 69.8 Å². The molecule has 0 aliphatic heterocycles. The molecule has 25 heavy (non-hydrogen) atoms. The summed E-state index contributed by atoms with van der Waals surface area (Å²) in [6.07, 6.45) is 0.611. The van der Waals surface area contributed by atoms with E-state index in [4.69, 9.17) is 0 Å². The second kappa shape index (κ2) is 8.94. The van der Waals surface area contributed by atoms with Gasteiger partial charge in [-0.2, -0.15) is 0 Å². The average Bonchev–Trinajstić information content (AvgIpc) is 2.65. The van der Waals surface area contributed by atoms with E-state index >= 15 is 0 Å². The summed E-state index contributed by atoms with van der Waals surface area (Å²) in [7, 11) is 0. The van der Waals surface area contributed by atoms with Crippen LogP contribution in [0.4, 0.5) is 11.4 Å². The number of benzene rings is 2. The Hall–Kier alpha value is -2.73. The maximum Gasteiger partial charge on any atom is 0.293 e. The fourth-order valence-electron chi connectivity index (χ4n) is 2.93. The lowest BCUT2D eigenvalue weighted by atomic mass is 10.0. The van der Waals surface area contributed by atoms with Crippen LogP contribution in [0.5, 0.6) is 0 Å². The Kier molecular flexibility index (Phi) is 6.65. The molecule has 0 radical (unpaired) electrons. The lowest BCUT2D eigenvalue weighted by Gasteiger charge is -2.30. The van der Waals surface area contributed by atoms with Gasteiger partial charge in [0.25, 0.3) is 5.69 Å². The van der Waals surface area contributed by atoms with Crippen LogP contribution < -0.4 is 5.32 Å². The van der Waals surface area contributed by atoms with Crippen LogP contribution in [0.2, 0.25) is 0 Å². The van der Waals surface area contributed by atoms with Crippen LogP contribution in [0.15, 0.2) is 48.5 Å². The molecule has 0 fully saturated rings. The van der Waals surface area contributed by atoms with Gasteiger partial charge >= 0.3 is 0 Å². The Morgan fingerprint density at radius 2 is 1.84 bits per heavy atom. The Morgan fingerprint density at radius 3 is 2.40 bits per heavy atom. The summed E-state index contributed by atoms with van der Waals surface area (Å²) in [4.78, 5) is 24.0. The highest BCUT2D eigenvalue weighted by Gasteiger charge is 2.20. The van der Waals surface area contributed by atoms with Crippen molar-refractivity contribution in [3.8, 4) is 0 Å². The number of aldehydes is 1. The molecular formula is C19H23N3O3. The third-order valence-corrected chi connectivity index (χ3v) is 4.28. The number of nitro benzene ring substituents is 1. The highest BCUT2D eigenvalue weighted by Crippen LogP contribution is 2.27. The molecule has 0 aliphatic carbocycles. The van der Waals surface area contributed by atoms with Gasteiger partial charge in [-0.1, -0.05) is 44.2 Å². The van der Waals surface area contributed by atoms with Crippen molar-refractivity contribution in [2.75, 3.05) is 25.0 Å². The zero-order valence-corrected chi connectivity index (χ0v) is 14.5. The fraction of sp³-hybridized carbons (Fsp3) is 0.316. The van der Waals surface area contributed by atoms with Gasteiger partial charge in [-0.05, 0) is 30.8 Å². The van der Waals surface area contributed by atoms with Crippen molar-refractivity contribution >= 4 is 17.7 Å². The van der Waals surface area contributed by atoms with E-state index in [2.05, 4.69) is 36.2 Å². The predicted octanol–water partition coefficient (Wildman–Crippen LogP) is 3.90. The highest BCUT2D eigenvalue weighted by molar-refractivity contribution is 5.79. The summed E-state index contributed by atoms with van der Waals surface area (Å²) >= 11 is 0. The van der Waals surface area contributed by atoms with Gasteiger partial charge in [0.1, 0.15) is 12.0 Å². The molecule has 6 nitrogen and oxygen atoms in total. The van der Waals surface area contributed by atoms with Gasteiger partial charge in [0.05, 0.1) is 11.0 Å². The zero-order valence-electron chi connectivity index (χ0n) is 14.5. The number of hydrogen-bond donors (Lipinski definition) is 1. The van der Waals surface area contributed by atoms with Gasteiger partial charge in [-0.25, -0.2) is 0 Å². The molecule has 0 aliphatic rings. The van der Waals surface area contributed by atoms with E-state index in [0.29, 0.717) is 24.1 Å². The lowest BCUT2D eigenvalue weighted by Crippen LogP contribution is -2.33. The molecular weight excluding hydrogens is 318 g/mol. The molecule has 0 amide bonds. The van der Waals surface area contributed by atoms with Gasteiger partial charge in [0.2, 0.25) is 0 Å². The summed E-state index contributed by atoms with van der Waals surface area (Å²) in [5, 5.41) is 14.5. The van der Waals surface area contributed by atoms with Crippen LogP contribution in [-0.2, 0) is 0 Å². The molecule has 0 unspecified atom stereocenters. The largest absolute Gasteiger partial charge is 0.378 e. The molecule has 0 bridgehead atoms. The maximum atomic E-state index is 11.3. The number of nitrogens with zero attached hydrogens (tertiary/aromatic N) is 2. The molecule has 2 aromatic rings. The summed E-state index contributed by atoms with van der Waals surface area (Å²) in [5.74, 6) is 0. The minimum atomic E-state index is -0.468. The molecule has 0 spiro atoms. The SMILES string of the molecule is CCN(CC)[C@@H](CNc1ccc(C=O)cc1[N+](=O)[O-])c1ccccc1. The summed E-state index contributed by atoms with van der Waals surface area (Å²) in [5.41, 5.74) is 1.78. The molecule has 0 saturated heterocycles. The highest BCUT2D eigenvalue weighted by atomic mass is 16.6. The predicted molar refractivity (Wildman–Crippen MR) is 99.1 cm³/mol. The van der Waals surface area contributed by atoms with Crippen LogP contribution in [0, 0.1) is 10.1 Å². The van der Waals surface area contributed by atoms with Gasteiger partial charge in [0, 0.05) is 18.2 Å². The van der Waals surface area contributed by atoms with Crippen molar-refractivity contribution in [1.82, 2.24) is 4.90 Å². The fourth-order valence-corrected chi connectivity index (χ4v) is 2.93. The third kappa shape index (κ3) is 4.64. The Balaban J connectivity index is 2.26. The Bertz CT molecular complexity index is 715. The molecule has 2 rings (SSSR count). The van der Waals surface area contributed by atoms with Crippen LogP contribution >= 0.6 is 0 Å². The number of anilines is 1. The van der Waals surface area contributed by atoms with Crippen LogP contribution in [0.1, 0.15) is 35.8 Å². The van der Waals surface area contributed by atoms with Crippen molar-refractivity contribution in [3.63, 3.8) is 0 Å². The topological polar surface area (TPSA) is 75.5 Å².